The Hall–Kier alpha value is -4.25. The van der Waals surface area contributed by atoms with Crippen LogP contribution in [0, 0.1) is 0 Å². The van der Waals surface area contributed by atoms with Crippen molar-refractivity contribution in [2.75, 3.05) is 0 Å². The lowest BCUT2D eigenvalue weighted by atomic mass is 10.0. The van der Waals surface area contributed by atoms with E-state index in [1.807, 2.05) is 68.6 Å². The monoisotopic (exact) mass is 431 g/mol. The molecule has 6 rings (SSSR count). The molecule has 0 spiro atoms. The lowest BCUT2D eigenvalue weighted by Crippen LogP contribution is -2.04. The van der Waals surface area contributed by atoms with Crippen molar-refractivity contribution in [3.05, 3.63) is 95.3 Å². The second-order valence-electron chi connectivity index (χ2n) is 8.34. The summed E-state index contributed by atoms with van der Waals surface area (Å²) < 4.78 is 4.10. The fourth-order valence-corrected chi connectivity index (χ4v) is 4.80. The van der Waals surface area contributed by atoms with Gasteiger partial charge < -0.3 is 9.13 Å². The van der Waals surface area contributed by atoms with E-state index >= 15 is 0 Å². The van der Waals surface area contributed by atoms with Crippen molar-refractivity contribution < 1.29 is 9.59 Å². The number of hydrogen-bond donors (Lipinski definition) is 0. The van der Waals surface area contributed by atoms with Crippen molar-refractivity contribution in [1.82, 2.24) is 14.1 Å². The second kappa shape index (κ2) is 7.14. The molecular formula is C28H21N3O2. The number of Topliss-reactive ketones (excluding diaryl/α,β-unsaturated/α-hetero) is 2. The Morgan fingerprint density at radius 2 is 1.45 bits per heavy atom. The van der Waals surface area contributed by atoms with Crippen molar-refractivity contribution >= 4 is 39.6 Å². The van der Waals surface area contributed by atoms with E-state index in [-0.39, 0.29) is 17.1 Å². The van der Waals surface area contributed by atoms with E-state index in [0.29, 0.717) is 23.5 Å². The van der Waals surface area contributed by atoms with Gasteiger partial charge in [-0.1, -0.05) is 54.6 Å². The van der Waals surface area contributed by atoms with Gasteiger partial charge >= 0.3 is 0 Å². The van der Waals surface area contributed by atoms with Gasteiger partial charge in [0.15, 0.2) is 17.2 Å². The second-order valence-corrected chi connectivity index (χ2v) is 8.34. The number of fused-ring (bicyclic) bond motifs is 3. The molecule has 0 saturated heterocycles. The first-order chi connectivity index (χ1) is 16.1. The zero-order valence-corrected chi connectivity index (χ0v) is 18.4. The van der Waals surface area contributed by atoms with Crippen molar-refractivity contribution in [3.63, 3.8) is 0 Å². The molecule has 3 aromatic carbocycles. The number of hydrogen-bond acceptors (Lipinski definition) is 3. The molecule has 0 atom stereocenters. The third-order valence-electron chi connectivity index (χ3n) is 6.49. The average molecular weight is 431 g/mol. The highest BCUT2D eigenvalue weighted by molar-refractivity contribution is 6.42. The maximum Gasteiger partial charge on any atom is 0.197 e. The summed E-state index contributed by atoms with van der Waals surface area (Å²) in [5.74, 6) is 0.146. The summed E-state index contributed by atoms with van der Waals surface area (Å²) in [5.41, 5.74) is 5.10. The Morgan fingerprint density at radius 3 is 2.06 bits per heavy atom. The highest BCUT2D eigenvalue weighted by atomic mass is 16.2. The molecule has 2 heterocycles. The lowest BCUT2D eigenvalue weighted by Gasteiger charge is -2.04. The fraction of sp³-hybridized carbons (Fsp3) is 0.107. The molecule has 0 radical (unpaired) electrons. The number of aromatic nitrogens is 3. The quantitative estimate of drug-likeness (QED) is 0.273. The topological polar surface area (TPSA) is 56.9 Å². The summed E-state index contributed by atoms with van der Waals surface area (Å²) in [6, 6.07) is 23.7. The van der Waals surface area contributed by atoms with Gasteiger partial charge in [0.2, 0.25) is 0 Å². The molecule has 0 saturated carbocycles. The minimum Gasteiger partial charge on any atom is -0.327 e. The Morgan fingerprint density at radius 1 is 0.848 bits per heavy atom. The molecule has 33 heavy (non-hydrogen) atoms. The molecule has 5 heteroatoms. The zero-order valence-electron chi connectivity index (χ0n) is 18.4. The number of carbonyl (C=O) groups is 2. The number of nitrogens with zero attached hydrogens (tertiary/aromatic N) is 3. The molecular weight excluding hydrogens is 410 g/mol. The fourth-order valence-electron chi connectivity index (χ4n) is 4.80. The van der Waals surface area contributed by atoms with Crippen LogP contribution in [0.5, 0.6) is 0 Å². The minimum absolute atomic E-state index is 0.175. The predicted molar refractivity (Wildman–Crippen MR) is 130 cm³/mol. The number of benzene rings is 3. The minimum atomic E-state index is -0.236. The van der Waals surface area contributed by atoms with Gasteiger partial charge in [-0.25, -0.2) is 4.98 Å². The largest absolute Gasteiger partial charge is 0.327 e. The first-order valence-corrected chi connectivity index (χ1v) is 11.0. The van der Waals surface area contributed by atoms with Crippen LogP contribution in [0.4, 0.5) is 0 Å². The van der Waals surface area contributed by atoms with Crippen molar-refractivity contribution in [2.24, 2.45) is 7.05 Å². The molecule has 0 bridgehead atoms. The first kappa shape index (κ1) is 19.4. The zero-order chi connectivity index (χ0) is 22.7. The van der Waals surface area contributed by atoms with Gasteiger partial charge in [0, 0.05) is 24.7 Å². The summed E-state index contributed by atoms with van der Waals surface area (Å²) in [4.78, 5) is 31.2. The third-order valence-corrected chi connectivity index (χ3v) is 6.49. The summed E-state index contributed by atoms with van der Waals surface area (Å²) in [7, 11) is 1.99. The van der Waals surface area contributed by atoms with Gasteiger partial charge in [0.25, 0.3) is 0 Å². The molecule has 0 unspecified atom stereocenters. The number of ketones is 2. The van der Waals surface area contributed by atoms with Crippen LogP contribution in [0.25, 0.3) is 39.3 Å². The molecule has 0 N–H and O–H groups in total. The van der Waals surface area contributed by atoms with E-state index in [1.165, 1.54) is 0 Å². The number of allylic oxidation sites excluding steroid dienone is 1. The summed E-state index contributed by atoms with van der Waals surface area (Å²) in [6.07, 6.45) is 1.65. The molecule has 0 amide bonds. The van der Waals surface area contributed by atoms with Crippen LogP contribution >= 0.6 is 0 Å². The van der Waals surface area contributed by atoms with Crippen molar-refractivity contribution in [2.45, 2.75) is 13.5 Å². The van der Waals surface area contributed by atoms with E-state index in [1.54, 1.807) is 6.08 Å². The Labute approximate surface area is 190 Å². The van der Waals surface area contributed by atoms with E-state index in [9.17, 15) is 9.59 Å². The van der Waals surface area contributed by atoms with Gasteiger partial charge in [-0.15, -0.1) is 0 Å². The molecule has 5 aromatic rings. The Bertz CT molecular complexity index is 1580. The highest BCUT2D eigenvalue weighted by Crippen LogP contribution is 2.33. The maximum absolute atomic E-state index is 13.2. The van der Waals surface area contributed by atoms with Crippen LogP contribution in [0.2, 0.25) is 0 Å². The van der Waals surface area contributed by atoms with Crippen molar-refractivity contribution in [1.29, 1.82) is 0 Å². The first-order valence-electron chi connectivity index (χ1n) is 11.0. The predicted octanol–water partition coefficient (Wildman–Crippen LogP) is 5.68. The normalized spacial score (nSPS) is 13.3. The van der Waals surface area contributed by atoms with Crippen LogP contribution in [-0.4, -0.2) is 25.7 Å². The maximum atomic E-state index is 13.2. The average Bonchev–Trinajstić information content (AvgIpc) is 3.43. The summed E-state index contributed by atoms with van der Waals surface area (Å²) in [6.45, 7) is 2.71. The smallest absolute Gasteiger partial charge is 0.197 e. The van der Waals surface area contributed by atoms with E-state index < -0.39 is 0 Å². The Kier molecular flexibility index (Phi) is 4.20. The number of rotatable bonds is 3. The van der Waals surface area contributed by atoms with E-state index in [2.05, 4.69) is 27.3 Å². The number of aryl methyl sites for hydroxylation is 2. The molecule has 1 aliphatic carbocycles. The van der Waals surface area contributed by atoms with Gasteiger partial charge in [0.05, 0.1) is 16.8 Å². The van der Waals surface area contributed by atoms with Crippen LogP contribution in [-0.2, 0) is 13.6 Å². The van der Waals surface area contributed by atoms with E-state index in [0.717, 1.165) is 33.2 Å². The van der Waals surface area contributed by atoms with Crippen LogP contribution < -0.4 is 0 Å². The molecule has 0 fully saturated rings. The molecule has 2 aromatic heterocycles. The van der Waals surface area contributed by atoms with E-state index in [4.69, 9.17) is 4.98 Å². The molecule has 5 nitrogen and oxygen atoms in total. The van der Waals surface area contributed by atoms with Gasteiger partial charge in [0.1, 0.15) is 5.82 Å². The number of imidazole rings is 1. The van der Waals surface area contributed by atoms with Gasteiger partial charge in [-0.2, -0.15) is 0 Å². The molecule has 160 valence electrons. The highest BCUT2D eigenvalue weighted by Gasteiger charge is 2.34. The van der Waals surface area contributed by atoms with Crippen LogP contribution in [0.1, 0.15) is 33.5 Å². The Balaban J connectivity index is 1.48. The van der Waals surface area contributed by atoms with Gasteiger partial charge in [-0.3, -0.25) is 9.59 Å². The summed E-state index contributed by atoms with van der Waals surface area (Å²) >= 11 is 0. The third kappa shape index (κ3) is 2.82. The number of carbonyl (C=O) groups excluding carboxylic acids is 2. The molecule has 1 aliphatic rings. The SMILES string of the molecule is CCn1c(C=C2C(=O)c3cc4ccccc4cc3C2=O)nc2c1cc(-c1ccccc1)n2C. The van der Waals surface area contributed by atoms with Crippen molar-refractivity contribution in [3.8, 4) is 11.3 Å². The molecule has 0 aliphatic heterocycles. The lowest BCUT2D eigenvalue weighted by molar-refractivity contribution is 0.0990. The van der Waals surface area contributed by atoms with Crippen LogP contribution in [0.3, 0.4) is 0 Å². The standard InChI is InChI=1S/C28H21N3O2/c1-3-31-24-16-23(17-9-5-4-6-10-17)30(2)28(24)29-25(31)15-22-26(32)20-13-18-11-7-8-12-19(18)14-21(20)27(22)33/h4-16H,3H2,1-2H3. The summed E-state index contributed by atoms with van der Waals surface area (Å²) in [5, 5.41) is 1.90. The van der Waals surface area contributed by atoms with Gasteiger partial charge in [-0.05, 0) is 47.5 Å². The van der Waals surface area contributed by atoms with Crippen LogP contribution in [0.15, 0.2) is 78.4 Å².